The minimum atomic E-state index is -0.499. The van der Waals surface area contributed by atoms with Crippen LogP contribution in [0.1, 0.15) is 41.3 Å². The fraction of sp³-hybridized carbons (Fsp3) is 0.235. The van der Waals surface area contributed by atoms with Crippen LogP contribution in [0.3, 0.4) is 0 Å². The van der Waals surface area contributed by atoms with Crippen molar-refractivity contribution in [1.29, 1.82) is 0 Å². The zero-order valence-electron chi connectivity index (χ0n) is 11.9. The van der Waals surface area contributed by atoms with E-state index in [1.54, 1.807) is 13.0 Å². The summed E-state index contributed by atoms with van der Waals surface area (Å²) in [7, 11) is 0. The zero-order valence-corrected chi connectivity index (χ0v) is 11.9. The van der Waals surface area contributed by atoms with E-state index in [0.717, 1.165) is 5.56 Å². The molecule has 104 valence electrons. The number of carbonyl (C=O) groups is 1. The van der Waals surface area contributed by atoms with Gasteiger partial charge in [0.15, 0.2) is 0 Å². The standard InChI is InChI=1S/C17H18FNO/c1-11(2)13-5-7-14(8-6-13)19-17(20)15-9-4-12(3)10-16(15)18/h4-11H,1-3H3,(H,19,20). The topological polar surface area (TPSA) is 29.1 Å². The summed E-state index contributed by atoms with van der Waals surface area (Å²) in [4.78, 5) is 12.0. The molecule has 0 saturated carbocycles. The molecule has 0 saturated heterocycles. The minimum absolute atomic E-state index is 0.0588. The van der Waals surface area contributed by atoms with Crippen LogP contribution in [0.2, 0.25) is 0 Å². The van der Waals surface area contributed by atoms with Crippen LogP contribution in [0.4, 0.5) is 10.1 Å². The molecule has 0 atom stereocenters. The summed E-state index contributed by atoms with van der Waals surface area (Å²) in [6, 6.07) is 12.2. The molecule has 2 nitrogen and oxygen atoms in total. The van der Waals surface area contributed by atoms with E-state index in [-0.39, 0.29) is 5.56 Å². The van der Waals surface area contributed by atoms with Crippen LogP contribution in [0.5, 0.6) is 0 Å². The first-order valence-electron chi connectivity index (χ1n) is 6.65. The molecule has 0 aliphatic heterocycles. The summed E-state index contributed by atoms with van der Waals surface area (Å²) in [5.41, 5.74) is 2.72. The van der Waals surface area contributed by atoms with Crippen molar-refractivity contribution in [2.45, 2.75) is 26.7 Å². The lowest BCUT2D eigenvalue weighted by Gasteiger charge is -2.09. The van der Waals surface area contributed by atoms with Gasteiger partial charge in [-0.2, -0.15) is 0 Å². The SMILES string of the molecule is Cc1ccc(C(=O)Nc2ccc(C(C)C)cc2)c(F)c1. The van der Waals surface area contributed by atoms with Crippen LogP contribution in [0, 0.1) is 12.7 Å². The van der Waals surface area contributed by atoms with E-state index < -0.39 is 11.7 Å². The third kappa shape index (κ3) is 3.23. The number of carbonyl (C=O) groups excluding carboxylic acids is 1. The van der Waals surface area contributed by atoms with Crippen molar-refractivity contribution < 1.29 is 9.18 Å². The van der Waals surface area contributed by atoms with Crippen LogP contribution in [-0.2, 0) is 0 Å². The Labute approximate surface area is 118 Å². The lowest BCUT2D eigenvalue weighted by molar-refractivity contribution is 0.102. The predicted molar refractivity (Wildman–Crippen MR) is 79.6 cm³/mol. The largest absolute Gasteiger partial charge is 0.322 e. The van der Waals surface area contributed by atoms with Crippen LogP contribution >= 0.6 is 0 Å². The molecular weight excluding hydrogens is 253 g/mol. The van der Waals surface area contributed by atoms with Gasteiger partial charge in [-0.15, -0.1) is 0 Å². The van der Waals surface area contributed by atoms with Crippen molar-refractivity contribution in [1.82, 2.24) is 0 Å². The molecule has 1 N–H and O–H groups in total. The number of hydrogen-bond acceptors (Lipinski definition) is 1. The molecule has 0 aromatic heterocycles. The number of benzene rings is 2. The second kappa shape index (κ2) is 5.87. The van der Waals surface area contributed by atoms with Crippen LogP contribution in [0.15, 0.2) is 42.5 Å². The molecule has 3 heteroatoms. The van der Waals surface area contributed by atoms with Crippen LogP contribution in [-0.4, -0.2) is 5.91 Å². The molecule has 1 amide bonds. The van der Waals surface area contributed by atoms with Gasteiger partial charge in [-0.1, -0.05) is 32.0 Å². The molecule has 0 aliphatic carbocycles. The molecule has 2 aromatic rings. The number of nitrogens with one attached hydrogen (secondary N) is 1. The van der Waals surface area contributed by atoms with Crippen molar-refractivity contribution in [2.75, 3.05) is 5.32 Å². The van der Waals surface area contributed by atoms with E-state index in [2.05, 4.69) is 19.2 Å². The summed E-state index contributed by atoms with van der Waals surface area (Å²) in [5, 5.41) is 2.71. The highest BCUT2D eigenvalue weighted by Crippen LogP contribution is 2.18. The Morgan fingerprint density at radius 2 is 1.75 bits per heavy atom. The highest BCUT2D eigenvalue weighted by molar-refractivity contribution is 6.04. The van der Waals surface area contributed by atoms with Crippen molar-refractivity contribution >= 4 is 11.6 Å². The second-order valence-corrected chi connectivity index (χ2v) is 5.21. The van der Waals surface area contributed by atoms with Gasteiger partial charge < -0.3 is 5.32 Å². The van der Waals surface area contributed by atoms with Crippen molar-refractivity contribution in [3.8, 4) is 0 Å². The fourth-order valence-electron chi connectivity index (χ4n) is 1.95. The van der Waals surface area contributed by atoms with Gasteiger partial charge in [0.25, 0.3) is 5.91 Å². The zero-order chi connectivity index (χ0) is 14.7. The fourth-order valence-corrected chi connectivity index (χ4v) is 1.95. The maximum absolute atomic E-state index is 13.7. The average molecular weight is 271 g/mol. The molecule has 2 aromatic carbocycles. The predicted octanol–water partition coefficient (Wildman–Crippen LogP) is 4.51. The first-order chi connectivity index (χ1) is 9.47. The smallest absolute Gasteiger partial charge is 0.258 e. The molecule has 0 spiro atoms. The van der Waals surface area contributed by atoms with Gasteiger partial charge in [0.2, 0.25) is 0 Å². The Hall–Kier alpha value is -2.16. The van der Waals surface area contributed by atoms with Crippen LogP contribution < -0.4 is 5.32 Å². The summed E-state index contributed by atoms with van der Waals surface area (Å²) >= 11 is 0. The van der Waals surface area contributed by atoms with Gasteiger partial charge in [-0.3, -0.25) is 4.79 Å². The molecule has 0 radical (unpaired) electrons. The summed E-state index contributed by atoms with van der Waals surface area (Å²) in [6.07, 6.45) is 0. The van der Waals surface area contributed by atoms with E-state index in [1.807, 2.05) is 24.3 Å². The Kier molecular flexibility index (Phi) is 4.18. The highest BCUT2D eigenvalue weighted by atomic mass is 19.1. The van der Waals surface area contributed by atoms with Gasteiger partial charge in [-0.05, 0) is 48.2 Å². The molecule has 2 rings (SSSR count). The molecule has 0 bridgehead atoms. The molecule has 0 fully saturated rings. The van der Waals surface area contributed by atoms with Gasteiger partial charge in [0, 0.05) is 5.69 Å². The van der Waals surface area contributed by atoms with Crippen molar-refractivity contribution in [2.24, 2.45) is 0 Å². The Bertz CT molecular complexity index is 617. The number of halogens is 1. The maximum atomic E-state index is 13.7. The van der Waals surface area contributed by atoms with E-state index >= 15 is 0 Å². The molecule has 0 unspecified atom stereocenters. The summed E-state index contributed by atoms with van der Waals surface area (Å²) in [5.74, 6) is -0.490. The quantitative estimate of drug-likeness (QED) is 0.874. The number of aryl methyl sites for hydroxylation is 1. The Morgan fingerprint density at radius 1 is 1.10 bits per heavy atom. The second-order valence-electron chi connectivity index (χ2n) is 5.21. The summed E-state index contributed by atoms with van der Waals surface area (Å²) < 4.78 is 13.7. The molecule has 0 heterocycles. The number of hydrogen-bond donors (Lipinski definition) is 1. The lowest BCUT2D eigenvalue weighted by Crippen LogP contribution is -2.13. The molecular formula is C17H18FNO. The Morgan fingerprint density at radius 3 is 2.30 bits per heavy atom. The minimum Gasteiger partial charge on any atom is -0.322 e. The average Bonchev–Trinajstić information content (AvgIpc) is 2.39. The van der Waals surface area contributed by atoms with E-state index in [9.17, 15) is 9.18 Å². The third-order valence-corrected chi connectivity index (χ3v) is 3.20. The summed E-state index contributed by atoms with van der Waals surface area (Å²) in [6.45, 7) is 6.00. The maximum Gasteiger partial charge on any atom is 0.258 e. The van der Waals surface area contributed by atoms with Gasteiger partial charge >= 0.3 is 0 Å². The molecule has 0 aliphatic rings. The first kappa shape index (κ1) is 14.3. The normalized spacial score (nSPS) is 10.7. The number of anilines is 1. The van der Waals surface area contributed by atoms with E-state index in [4.69, 9.17) is 0 Å². The van der Waals surface area contributed by atoms with Crippen molar-refractivity contribution in [3.05, 3.63) is 65.0 Å². The van der Waals surface area contributed by atoms with Gasteiger partial charge in [0.1, 0.15) is 5.82 Å². The van der Waals surface area contributed by atoms with E-state index in [1.165, 1.54) is 17.7 Å². The lowest BCUT2D eigenvalue weighted by atomic mass is 10.0. The monoisotopic (exact) mass is 271 g/mol. The third-order valence-electron chi connectivity index (χ3n) is 3.20. The number of rotatable bonds is 3. The molecule has 20 heavy (non-hydrogen) atoms. The van der Waals surface area contributed by atoms with Gasteiger partial charge in [-0.25, -0.2) is 4.39 Å². The first-order valence-corrected chi connectivity index (χ1v) is 6.65. The van der Waals surface area contributed by atoms with E-state index in [0.29, 0.717) is 11.6 Å². The number of amides is 1. The van der Waals surface area contributed by atoms with Gasteiger partial charge in [0.05, 0.1) is 5.56 Å². The highest BCUT2D eigenvalue weighted by Gasteiger charge is 2.11. The van der Waals surface area contributed by atoms with Crippen molar-refractivity contribution in [3.63, 3.8) is 0 Å². The Balaban J connectivity index is 2.15. The van der Waals surface area contributed by atoms with Crippen LogP contribution in [0.25, 0.3) is 0 Å².